The van der Waals surface area contributed by atoms with Crippen LogP contribution in [0.2, 0.25) is 0 Å². The van der Waals surface area contributed by atoms with Gasteiger partial charge in [-0.2, -0.15) is 0 Å². The first-order chi connectivity index (χ1) is 6.92. The maximum Gasteiger partial charge on any atom is 0.347 e. The van der Waals surface area contributed by atoms with Crippen molar-refractivity contribution in [3.63, 3.8) is 0 Å². The zero-order valence-electron chi connectivity index (χ0n) is 9.71. The van der Waals surface area contributed by atoms with Crippen molar-refractivity contribution >= 4 is 11.9 Å². The molecular weight excluding hydrogens is 196 g/mol. The number of rotatable bonds is 7. The maximum absolute atomic E-state index is 10.9. The zero-order chi connectivity index (χ0) is 11.9. The minimum Gasteiger partial charge on any atom is -0.478 e. The van der Waals surface area contributed by atoms with Gasteiger partial charge in [-0.25, -0.2) is 4.79 Å². The number of carbonyl (C=O) groups is 2. The second-order valence-corrected chi connectivity index (χ2v) is 3.94. The molecule has 1 N–H and O–H groups in total. The monoisotopic (exact) mass is 216 g/mol. The lowest BCUT2D eigenvalue weighted by atomic mass is 9.98. The molecule has 0 amide bonds. The first kappa shape index (κ1) is 13.9. The van der Waals surface area contributed by atoms with Crippen molar-refractivity contribution in [1.29, 1.82) is 0 Å². The zero-order valence-corrected chi connectivity index (χ0v) is 9.71. The summed E-state index contributed by atoms with van der Waals surface area (Å²) >= 11 is 0. The van der Waals surface area contributed by atoms with E-state index in [2.05, 4.69) is 6.92 Å². The van der Waals surface area contributed by atoms with Gasteiger partial charge in [0.25, 0.3) is 0 Å². The van der Waals surface area contributed by atoms with Gasteiger partial charge in [-0.15, -0.1) is 0 Å². The fourth-order valence-electron chi connectivity index (χ4n) is 1.41. The third-order valence-electron chi connectivity index (χ3n) is 2.33. The Balaban J connectivity index is 4.14. The highest BCUT2D eigenvalue weighted by Gasteiger charge is 2.35. The molecule has 0 aliphatic heterocycles. The van der Waals surface area contributed by atoms with Gasteiger partial charge in [0.15, 0.2) is 0 Å². The Hall–Kier alpha value is -1.06. The van der Waals surface area contributed by atoms with Crippen LogP contribution in [0.3, 0.4) is 0 Å². The second-order valence-electron chi connectivity index (χ2n) is 3.94. The van der Waals surface area contributed by atoms with E-state index in [0.29, 0.717) is 6.42 Å². The highest BCUT2D eigenvalue weighted by Crippen LogP contribution is 2.20. The summed E-state index contributed by atoms with van der Waals surface area (Å²) in [5.41, 5.74) is -1.36. The van der Waals surface area contributed by atoms with Gasteiger partial charge < -0.3 is 9.84 Å². The van der Waals surface area contributed by atoms with Crippen LogP contribution >= 0.6 is 0 Å². The molecule has 0 aromatic heterocycles. The van der Waals surface area contributed by atoms with Gasteiger partial charge in [-0.05, 0) is 19.8 Å². The third-order valence-corrected chi connectivity index (χ3v) is 2.33. The number of carbonyl (C=O) groups excluding carboxylic acids is 1. The van der Waals surface area contributed by atoms with Gasteiger partial charge in [0.2, 0.25) is 5.60 Å². The van der Waals surface area contributed by atoms with Crippen molar-refractivity contribution in [1.82, 2.24) is 0 Å². The summed E-state index contributed by atoms with van der Waals surface area (Å²) in [6.45, 7) is 4.76. The predicted molar refractivity (Wildman–Crippen MR) is 56.6 cm³/mol. The fourth-order valence-corrected chi connectivity index (χ4v) is 1.41. The molecule has 0 aliphatic carbocycles. The summed E-state index contributed by atoms with van der Waals surface area (Å²) < 4.78 is 4.84. The van der Waals surface area contributed by atoms with Crippen LogP contribution < -0.4 is 0 Å². The van der Waals surface area contributed by atoms with Crippen molar-refractivity contribution in [3.05, 3.63) is 0 Å². The van der Waals surface area contributed by atoms with E-state index in [1.165, 1.54) is 13.8 Å². The van der Waals surface area contributed by atoms with Gasteiger partial charge in [-0.3, -0.25) is 4.79 Å². The molecular formula is C11H20O4. The summed E-state index contributed by atoms with van der Waals surface area (Å²) in [4.78, 5) is 21.7. The highest BCUT2D eigenvalue weighted by molar-refractivity contribution is 5.80. The molecule has 0 heterocycles. The fraction of sp³-hybridized carbons (Fsp3) is 0.818. The molecule has 15 heavy (non-hydrogen) atoms. The van der Waals surface area contributed by atoms with E-state index in [1.807, 2.05) is 0 Å². The summed E-state index contributed by atoms with van der Waals surface area (Å²) in [5.74, 6) is -1.62. The lowest BCUT2D eigenvalue weighted by molar-refractivity contribution is -0.176. The number of esters is 1. The van der Waals surface area contributed by atoms with E-state index in [0.717, 1.165) is 25.7 Å². The molecule has 4 nitrogen and oxygen atoms in total. The Bertz CT molecular complexity index is 225. The molecule has 0 bridgehead atoms. The summed E-state index contributed by atoms with van der Waals surface area (Å²) in [5, 5.41) is 8.96. The van der Waals surface area contributed by atoms with Crippen molar-refractivity contribution in [3.8, 4) is 0 Å². The number of ether oxygens (including phenoxy) is 1. The molecule has 0 saturated carbocycles. The molecule has 0 aromatic carbocycles. The van der Waals surface area contributed by atoms with Crippen LogP contribution in [0.1, 0.15) is 52.9 Å². The summed E-state index contributed by atoms with van der Waals surface area (Å²) in [7, 11) is 0. The quantitative estimate of drug-likeness (QED) is 0.524. The summed E-state index contributed by atoms with van der Waals surface area (Å²) in [6.07, 6.45) is 4.29. The second kappa shape index (κ2) is 6.43. The molecule has 0 aliphatic rings. The molecule has 0 rings (SSSR count). The lowest BCUT2D eigenvalue weighted by Gasteiger charge is -2.24. The van der Waals surface area contributed by atoms with E-state index in [1.54, 1.807) is 0 Å². The van der Waals surface area contributed by atoms with Crippen LogP contribution in [0.15, 0.2) is 0 Å². The molecule has 1 atom stereocenters. The van der Waals surface area contributed by atoms with Crippen LogP contribution in [-0.4, -0.2) is 22.6 Å². The van der Waals surface area contributed by atoms with Gasteiger partial charge in [0.05, 0.1) is 0 Å². The Morgan fingerprint density at radius 2 is 1.87 bits per heavy atom. The molecule has 0 radical (unpaired) electrons. The lowest BCUT2D eigenvalue weighted by Crippen LogP contribution is -2.39. The van der Waals surface area contributed by atoms with Gasteiger partial charge in [0, 0.05) is 6.92 Å². The van der Waals surface area contributed by atoms with E-state index in [9.17, 15) is 9.59 Å². The van der Waals surface area contributed by atoms with Crippen molar-refractivity contribution < 1.29 is 19.4 Å². The number of hydrogen-bond acceptors (Lipinski definition) is 3. The van der Waals surface area contributed by atoms with Crippen molar-refractivity contribution in [2.45, 2.75) is 58.5 Å². The Morgan fingerprint density at radius 1 is 1.27 bits per heavy atom. The van der Waals surface area contributed by atoms with Crippen LogP contribution in [-0.2, 0) is 14.3 Å². The Labute approximate surface area is 90.6 Å². The number of carboxylic acids is 1. The van der Waals surface area contributed by atoms with Crippen molar-refractivity contribution in [2.75, 3.05) is 0 Å². The van der Waals surface area contributed by atoms with Crippen LogP contribution in [0.5, 0.6) is 0 Å². The van der Waals surface area contributed by atoms with Crippen molar-refractivity contribution in [2.24, 2.45) is 0 Å². The summed E-state index contributed by atoms with van der Waals surface area (Å²) in [6, 6.07) is 0. The number of aliphatic carboxylic acids is 1. The molecule has 88 valence electrons. The van der Waals surface area contributed by atoms with E-state index in [-0.39, 0.29) is 0 Å². The van der Waals surface area contributed by atoms with E-state index < -0.39 is 17.5 Å². The van der Waals surface area contributed by atoms with Gasteiger partial charge in [0.1, 0.15) is 0 Å². The molecule has 0 spiro atoms. The van der Waals surface area contributed by atoms with Crippen LogP contribution in [0.4, 0.5) is 0 Å². The smallest absolute Gasteiger partial charge is 0.347 e. The topological polar surface area (TPSA) is 63.6 Å². The van der Waals surface area contributed by atoms with Crippen LogP contribution in [0.25, 0.3) is 0 Å². The molecule has 0 aromatic rings. The first-order valence-electron chi connectivity index (χ1n) is 5.35. The normalized spacial score (nSPS) is 14.3. The number of unbranched alkanes of at least 4 members (excludes halogenated alkanes) is 3. The molecule has 0 saturated heterocycles. The Kier molecular flexibility index (Phi) is 5.97. The third kappa shape index (κ3) is 5.40. The van der Waals surface area contributed by atoms with Gasteiger partial charge >= 0.3 is 11.9 Å². The largest absolute Gasteiger partial charge is 0.478 e. The first-order valence-corrected chi connectivity index (χ1v) is 5.35. The Morgan fingerprint density at radius 3 is 2.27 bits per heavy atom. The van der Waals surface area contributed by atoms with Gasteiger partial charge in [-0.1, -0.05) is 26.2 Å². The molecule has 0 unspecified atom stereocenters. The molecule has 4 heteroatoms. The van der Waals surface area contributed by atoms with E-state index >= 15 is 0 Å². The minimum atomic E-state index is -1.36. The maximum atomic E-state index is 10.9. The number of hydrogen-bond donors (Lipinski definition) is 1. The predicted octanol–water partition coefficient (Wildman–Crippen LogP) is 2.36. The van der Waals surface area contributed by atoms with Crippen LogP contribution in [0, 0.1) is 0 Å². The number of carboxylic acid groups (broad SMARTS) is 1. The average molecular weight is 216 g/mol. The average Bonchev–Trinajstić information content (AvgIpc) is 2.11. The minimum absolute atomic E-state index is 0.377. The SMILES string of the molecule is CCCCCC[C@](C)(OC(C)=O)C(=O)O. The molecule has 0 fully saturated rings. The van der Waals surface area contributed by atoms with E-state index in [4.69, 9.17) is 9.84 Å². The standard InChI is InChI=1S/C11H20O4/c1-4-5-6-7-8-11(3,10(13)14)15-9(2)12/h4-8H2,1-3H3,(H,13,14)/t11-/m0/s1. The highest BCUT2D eigenvalue weighted by atomic mass is 16.6.